The maximum Gasteiger partial charge on any atom is 0.119 e. The third-order valence-corrected chi connectivity index (χ3v) is 6.61. The number of rotatable bonds is 3. The van der Waals surface area contributed by atoms with E-state index >= 15 is 0 Å². The van der Waals surface area contributed by atoms with Gasteiger partial charge in [0.05, 0.1) is 12.7 Å². The van der Waals surface area contributed by atoms with Crippen LogP contribution in [0.5, 0.6) is 5.75 Å². The molecule has 2 aliphatic heterocycles. The molecule has 4 rings (SSSR count). The molecular formula is C20H27NO2. The molecule has 3 aliphatic rings. The van der Waals surface area contributed by atoms with Gasteiger partial charge in [-0.15, -0.1) is 6.58 Å². The molecule has 1 aliphatic carbocycles. The van der Waals surface area contributed by atoms with Gasteiger partial charge in [0.25, 0.3) is 0 Å². The molecule has 3 atom stereocenters. The highest BCUT2D eigenvalue weighted by atomic mass is 16.5. The molecule has 3 nitrogen and oxygen atoms in total. The predicted molar refractivity (Wildman–Crippen MR) is 92.1 cm³/mol. The van der Waals surface area contributed by atoms with Gasteiger partial charge in [0.15, 0.2) is 0 Å². The number of nitrogens with zero attached hydrogens (tertiary/aromatic N) is 1. The lowest BCUT2D eigenvalue weighted by molar-refractivity contribution is -0.195. The van der Waals surface area contributed by atoms with E-state index in [1.807, 2.05) is 6.08 Å². The summed E-state index contributed by atoms with van der Waals surface area (Å²) in [6.45, 7) is 9.27. The molecule has 0 saturated carbocycles. The number of hydrogen-bond acceptors (Lipinski definition) is 3. The van der Waals surface area contributed by atoms with Crippen molar-refractivity contribution in [2.75, 3.05) is 26.8 Å². The lowest BCUT2D eigenvalue weighted by atomic mass is 9.52. The van der Waals surface area contributed by atoms with Gasteiger partial charge in [-0.1, -0.05) is 12.1 Å². The number of methoxy groups -OCH3 is 1. The summed E-state index contributed by atoms with van der Waals surface area (Å²) in [4.78, 5) is 2.57. The summed E-state index contributed by atoms with van der Waals surface area (Å²) in [5.41, 5.74) is 2.99. The monoisotopic (exact) mass is 313 g/mol. The molecule has 2 bridgehead atoms. The molecule has 2 fully saturated rings. The Kier molecular flexibility index (Phi) is 3.54. The molecule has 0 amide bonds. The first-order valence-corrected chi connectivity index (χ1v) is 8.81. The lowest BCUT2D eigenvalue weighted by Crippen LogP contribution is -2.72. The maximum absolute atomic E-state index is 6.52. The van der Waals surface area contributed by atoms with Gasteiger partial charge in [-0.3, -0.25) is 4.90 Å². The van der Waals surface area contributed by atoms with Crippen molar-refractivity contribution in [2.24, 2.45) is 0 Å². The van der Waals surface area contributed by atoms with Crippen molar-refractivity contribution in [3.63, 3.8) is 0 Å². The Labute approximate surface area is 139 Å². The minimum Gasteiger partial charge on any atom is -0.497 e. The van der Waals surface area contributed by atoms with Gasteiger partial charge >= 0.3 is 0 Å². The molecule has 2 saturated heterocycles. The average Bonchev–Trinajstić information content (AvgIpc) is 2.57. The van der Waals surface area contributed by atoms with Crippen LogP contribution in [0.4, 0.5) is 0 Å². The summed E-state index contributed by atoms with van der Waals surface area (Å²) in [5, 5.41) is 0. The number of fused-ring (bicyclic) bond motifs is 1. The fourth-order valence-electron chi connectivity index (χ4n) is 5.43. The molecule has 1 aromatic carbocycles. The van der Waals surface area contributed by atoms with Crippen LogP contribution < -0.4 is 4.74 Å². The summed E-state index contributed by atoms with van der Waals surface area (Å²) in [7, 11) is 1.76. The Balaban J connectivity index is 1.88. The smallest absolute Gasteiger partial charge is 0.119 e. The van der Waals surface area contributed by atoms with E-state index in [-0.39, 0.29) is 11.0 Å². The third-order valence-electron chi connectivity index (χ3n) is 6.61. The summed E-state index contributed by atoms with van der Waals surface area (Å²) in [6, 6.07) is 7.10. The van der Waals surface area contributed by atoms with Crippen LogP contribution in [-0.4, -0.2) is 43.3 Å². The minimum atomic E-state index is -0.105. The van der Waals surface area contributed by atoms with Gasteiger partial charge in [-0.25, -0.2) is 0 Å². The first-order chi connectivity index (χ1) is 11.1. The average molecular weight is 313 g/mol. The molecule has 124 valence electrons. The van der Waals surface area contributed by atoms with Crippen LogP contribution in [0.25, 0.3) is 0 Å². The second-order valence-electron chi connectivity index (χ2n) is 7.42. The highest BCUT2D eigenvalue weighted by Gasteiger charge is 2.62. The number of hydrogen-bond donors (Lipinski definition) is 0. The first kappa shape index (κ1) is 15.2. The molecule has 0 unspecified atom stereocenters. The first-order valence-electron chi connectivity index (χ1n) is 8.81. The zero-order valence-corrected chi connectivity index (χ0v) is 14.3. The second-order valence-corrected chi connectivity index (χ2v) is 7.42. The van der Waals surface area contributed by atoms with E-state index in [1.54, 1.807) is 7.11 Å². The van der Waals surface area contributed by atoms with E-state index in [4.69, 9.17) is 9.47 Å². The zero-order valence-electron chi connectivity index (χ0n) is 14.3. The summed E-state index contributed by atoms with van der Waals surface area (Å²) in [5.74, 6) is 0.970. The van der Waals surface area contributed by atoms with Gasteiger partial charge in [-0.05, 0) is 62.4 Å². The van der Waals surface area contributed by atoms with Crippen molar-refractivity contribution in [1.29, 1.82) is 0 Å². The molecule has 0 spiro atoms. The van der Waals surface area contributed by atoms with Gasteiger partial charge in [0.1, 0.15) is 5.75 Å². The van der Waals surface area contributed by atoms with Crippen LogP contribution in [-0.2, 0) is 16.6 Å². The third kappa shape index (κ3) is 1.96. The van der Waals surface area contributed by atoms with Crippen LogP contribution in [0.1, 0.15) is 37.3 Å². The van der Waals surface area contributed by atoms with Crippen molar-refractivity contribution in [3.8, 4) is 5.75 Å². The molecular weight excluding hydrogens is 286 g/mol. The van der Waals surface area contributed by atoms with Gasteiger partial charge in [0, 0.05) is 24.6 Å². The summed E-state index contributed by atoms with van der Waals surface area (Å²) in [6.07, 6.45) is 6.63. The molecule has 23 heavy (non-hydrogen) atoms. The Hall–Kier alpha value is -1.32. The number of likely N-dealkylation sites (tertiary alicyclic amines) is 1. The Bertz CT molecular complexity index is 628. The predicted octanol–water partition coefficient (Wildman–Crippen LogP) is 3.32. The van der Waals surface area contributed by atoms with Crippen LogP contribution in [0.2, 0.25) is 0 Å². The van der Waals surface area contributed by atoms with Crippen molar-refractivity contribution < 1.29 is 9.47 Å². The second kappa shape index (κ2) is 5.35. The van der Waals surface area contributed by atoms with Crippen molar-refractivity contribution >= 4 is 0 Å². The molecule has 3 heteroatoms. The largest absolute Gasteiger partial charge is 0.497 e. The van der Waals surface area contributed by atoms with E-state index in [9.17, 15) is 0 Å². The normalized spacial score (nSPS) is 36.0. The zero-order chi connectivity index (χ0) is 16.1. The van der Waals surface area contributed by atoms with Crippen LogP contribution in [0.15, 0.2) is 30.9 Å². The minimum absolute atomic E-state index is 0.105. The van der Waals surface area contributed by atoms with Gasteiger partial charge in [0.2, 0.25) is 0 Å². The lowest BCUT2D eigenvalue weighted by Gasteiger charge is -2.64. The van der Waals surface area contributed by atoms with E-state index in [2.05, 4.69) is 36.6 Å². The quantitative estimate of drug-likeness (QED) is 0.799. The summed E-state index contributed by atoms with van der Waals surface area (Å²) >= 11 is 0. The SMILES string of the molecule is C=CCN1CC[C@]23CCCO[C@@]2(C)[C@H]1Cc1ccc(OC)cc13. The summed E-state index contributed by atoms with van der Waals surface area (Å²) < 4.78 is 12.0. The maximum atomic E-state index is 6.52. The molecule has 0 N–H and O–H groups in total. The molecule has 0 radical (unpaired) electrons. The molecule has 2 heterocycles. The van der Waals surface area contributed by atoms with Crippen LogP contribution in [0.3, 0.4) is 0 Å². The Morgan fingerprint density at radius 3 is 3.09 bits per heavy atom. The van der Waals surface area contributed by atoms with E-state index < -0.39 is 0 Å². The fourth-order valence-corrected chi connectivity index (χ4v) is 5.43. The standard InChI is InChI=1S/C20H27NO2/c1-4-10-21-11-9-20-8-5-12-23-19(20,2)18(21)13-15-6-7-16(22-3)14-17(15)20/h4,6-7,14,18H,1,5,8-13H2,2-3H3/t18-,19+,20+/m1/s1. The molecule has 1 aromatic rings. The fraction of sp³-hybridized carbons (Fsp3) is 0.600. The van der Waals surface area contributed by atoms with E-state index in [0.717, 1.165) is 44.7 Å². The number of piperidine rings is 1. The highest BCUT2D eigenvalue weighted by molar-refractivity contribution is 5.48. The van der Waals surface area contributed by atoms with Crippen molar-refractivity contribution in [2.45, 2.75) is 49.7 Å². The van der Waals surface area contributed by atoms with E-state index in [0.29, 0.717) is 6.04 Å². The highest BCUT2D eigenvalue weighted by Crippen LogP contribution is 2.57. The van der Waals surface area contributed by atoms with Crippen molar-refractivity contribution in [3.05, 3.63) is 42.0 Å². The van der Waals surface area contributed by atoms with Gasteiger partial charge in [-0.2, -0.15) is 0 Å². The molecule has 0 aromatic heterocycles. The van der Waals surface area contributed by atoms with Crippen molar-refractivity contribution in [1.82, 2.24) is 4.90 Å². The number of benzene rings is 1. The van der Waals surface area contributed by atoms with Crippen LogP contribution in [0, 0.1) is 0 Å². The topological polar surface area (TPSA) is 21.7 Å². The number of ether oxygens (including phenoxy) is 2. The Morgan fingerprint density at radius 1 is 1.43 bits per heavy atom. The van der Waals surface area contributed by atoms with Gasteiger partial charge < -0.3 is 9.47 Å². The van der Waals surface area contributed by atoms with Crippen LogP contribution >= 0.6 is 0 Å². The Morgan fingerprint density at radius 2 is 2.30 bits per heavy atom. The van der Waals surface area contributed by atoms with E-state index in [1.165, 1.54) is 17.5 Å².